The van der Waals surface area contributed by atoms with Crippen molar-refractivity contribution in [1.29, 1.82) is 0 Å². The maximum Gasteiger partial charge on any atom is 0.164 e. The number of rotatable bonds is 2. The highest BCUT2D eigenvalue weighted by Gasteiger charge is 2.36. The molecule has 0 amide bonds. The van der Waals surface area contributed by atoms with Gasteiger partial charge in [0.1, 0.15) is 11.9 Å². The van der Waals surface area contributed by atoms with Gasteiger partial charge in [0.25, 0.3) is 0 Å². The van der Waals surface area contributed by atoms with E-state index in [4.69, 9.17) is 9.47 Å². The van der Waals surface area contributed by atoms with Gasteiger partial charge in [0.15, 0.2) is 11.5 Å². The lowest BCUT2D eigenvalue weighted by molar-refractivity contribution is 0.214. The normalized spacial score (nSPS) is 20.0. The summed E-state index contributed by atoms with van der Waals surface area (Å²) in [4.78, 5) is 0. The summed E-state index contributed by atoms with van der Waals surface area (Å²) in [5, 5.41) is 10.2. The minimum Gasteiger partial charge on any atom is -0.504 e. The van der Waals surface area contributed by atoms with Gasteiger partial charge in [0.05, 0.1) is 7.11 Å². The van der Waals surface area contributed by atoms with E-state index < -0.39 is 0 Å². The molecule has 0 aromatic heterocycles. The Kier molecular flexibility index (Phi) is 3.28. The van der Waals surface area contributed by atoms with Crippen molar-refractivity contribution in [2.45, 2.75) is 32.8 Å². The molecule has 0 fully saturated rings. The number of aryl methyl sites for hydroxylation is 1. The Morgan fingerprint density at radius 1 is 1.19 bits per heavy atom. The number of aromatic hydroxyl groups is 1. The van der Waals surface area contributed by atoms with Crippen LogP contribution in [0.15, 0.2) is 30.3 Å². The first-order valence-corrected chi connectivity index (χ1v) is 7.17. The van der Waals surface area contributed by atoms with Crippen molar-refractivity contribution in [3.05, 3.63) is 52.6 Å². The van der Waals surface area contributed by atoms with Crippen LogP contribution in [0.3, 0.4) is 0 Å². The van der Waals surface area contributed by atoms with Gasteiger partial charge in [-0.2, -0.15) is 0 Å². The number of hydrogen-bond donors (Lipinski definition) is 1. The fourth-order valence-corrected chi connectivity index (χ4v) is 3.21. The number of benzene rings is 2. The molecule has 110 valence electrons. The molecular formula is C18H20O3. The van der Waals surface area contributed by atoms with E-state index in [1.54, 1.807) is 13.2 Å². The Bertz CT molecular complexity index is 691. The zero-order chi connectivity index (χ0) is 15.1. The first-order valence-electron chi connectivity index (χ1n) is 7.17. The zero-order valence-electron chi connectivity index (χ0n) is 12.8. The molecule has 1 N–H and O–H groups in total. The maximum atomic E-state index is 10.2. The van der Waals surface area contributed by atoms with Crippen LogP contribution in [0.4, 0.5) is 0 Å². The molecule has 1 unspecified atom stereocenters. The number of phenols is 1. The summed E-state index contributed by atoms with van der Waals surface area (Å²) in [5.74, 6) is 1.67. The van der Waals surface area contributed by atoms with E-state index in [9.17, 15) is 5.11 Å². The van der Waals surface area contributed by atoms with Crippen LogP contribution >= 0.6 is 0 Å². The molecule has 1 heterocycles. The molecule has 0 radical (unpaired) electrons. The largest absolute Gasteiger partial charge is 0.504 e. The highest BCUT2D eigenvalue weighted by atomic mass is 16.5. The third kappa shape index (κ3) is 2.04. The molecule has 21 heavy (non-hydrogen) atoms. The number of phenolic OH excluding ortho intramolecular Hbond substituents is 1. The molecule has 0 bridgehead atoms. The Morgan fingerprint density at radius 2 is 1.90 bits per heavy atom. The SMILES string of the molecule is COc1cc2c(c(C)c1O)C(C)[C@H](c1ccccc1C)O2. The second kappa shape index (κ2) is 4.99. The van der Waals surface area contributed by atoms with E-state index in [1.165, 1.54) is 11.1 Å². The van der Waals surface area contributed by atoms with E-state index in [0.717, 1.165) is 16.9 Å². The second-order valence-corrected chi connectivity index (χ2v) is 5.65. The first kappa shape index (κ1) is 13.8. The van der Waals surface area contributed by atoms with Gasteiger partial charge in [0.2, 0.25) is 0 Å². The third-order valence-electron chi connectivity index (χ3n) is 4.40. The van der Waals surface area contributed by atoms with Crippen LogP contribution in [-0.4, -0.2) is 12.2 Å². The smallest absolute Gasteiger partial charge is 0.164 e. The molecule has 0 saturated heterocycles. The van der Waals surface area contributed by atoms with Crippen LogP contribution in [0.2, 0.25) is 0 Å². The summed E-state index contributed by atoms with van der Waals surface area (Å²) in [6.07, 6.45) is -0.0218. The van der Waals surface area contributed by atoms with Crippen molar-refractivity contribution in [1.82, 2.24) is 0 Å². The van der Waals surface area contributed by atoms with Crippen LogP contribution < -0.4 is 9.47 Å². The molecule has 0 saturated carbocycles. The quantitative estimate of drug-likeness (QED) is 0.895. The van der Waals surface area contributed by atoms with Crippen LogP contribution in [0.1, 0.15) is 41.2 Å². The summed E-state index contributed by atoms with van der Waals surface area (Å²) in [5.41, 5.74) is 4.32. The van der Waals surface area contributed by atoms with Gasteiger partial charge < -0.3 is 14.6 Å². The van der Waals surface area contributed by atoms with E-state index in [1.807, 2.05) is 19.1 Å². The molecule has 2 aromatic rings. The van der Waals surface area contributed by atoms with E-state index in [0.29, 0.717) is 5.75 Å². The van der Waals surface area contributed by atoms with Crippen molar-refractivity contribution in [2.75, 3.05) is 7.11 Å². The van der Waals surface area contributed by atoms with Gasteiger partial charge in [-0.15, -0.1) is 0 Å². The highest BCUT2D eigenvalue weighted by molar-refractivity contribution is 5.59. The van der Waals surface area contributed by atoms with Crippen LogP contribution in [0.25, 0.3) is 0 Å². The zero-order valence-corrected chi connectivity index (χ0v) is 12.8. The molecule has 3 heteroatoms. The van der Waals surface area contributed by atoms with Crippen molar-refractivity contribution in [3.63, 3.8) is 0 Å². The predicted octanol–water partition coefficient (Wildman–Crippen LogP) is 4.25. The summed E-state index contributed by atoms with van der Waals surface area (Å²) in [6.45, 7) is 6.15. The number of methoxy groups -OCH3 is 1. The van der Waals surface area contributed by atoms with Gasteiger partial charge in [-0.25, -0.2) is 0 Å². The van der Waals surface area contributed by atoms with Gasteiger partial charge in [-0.3, -0.25) is 0 Å². The number of hydrogen-bond acceptors (Lipinski definition) is 3. The van der Waals surface area contributed by atoms with Gasteiger partial charge in [0, 0.05) is 23.1 Å². The van der Waals surface area contributed by atoms with Crippen molar-refractivity contribution >= 4 is 0 Å². The van der Waals surface area contributed by atoms with E-state index in [-0.39, 0.29) is 17.8 Å². The molecule has 1 aliphatic rings. The van der Waals surface area contributed by atoms with Crippen LogP contribution in [0, 0.1) is 13.8 Å². The summed E-state index contributed by atoms with van der Waals surface area (Å²) in [6, 6.07) is 10.1. The van der Waals surface area contributed by atoms with Crippen molar-refractivity contribution < 1.29 is 14.6 Å². The minimum atomic E-state index is -0.0218. The first-order chi connectivity index (χ1) is 10.0. The molecule has 1 aliphatic heterocycles. The van der Waals surface area contributed by atoms with Crippen LogP contribution in [-0.2, 0) is 0 Å². The monoisotopic (exact) mass is 284 g/mol. The topological polar surface area (TPSA) is 38.7 Å². The lowest BCUT2D eigenvalue weighted by atomic mass is 9.88. The highest BCUT2D eigenvalue weighted by Crippen LogP contribution is 2.52. The molecular weight excluding hydrogens is 264 g/mol. The predicted molar refractivity (Wildman–Crippen MR) is 82.4 cm³/mol. The summed E-state index contributed by atoms with van der Waals surface area (Å²) < 4.78 is 11.4. The summed E-state index contributed by atoms with van der Waals surface area (Å²) in [7, 11) is 1.55. The Hall–Kier alpha value is -2.16. The third-order valence-corrected chi connectivity index (χ3v) is 4.40. The molecule has 3 rings (SSSR count). The fourth-order valence-electron chi connectivity index (χ4n) is 3.21. The molecule has 0 aliphatic carbocycles. The summed E-state index contributed by atoms with van der Waals surface area (Å²) >= 11 is 0. The molecule has 2 aromatic carbocycles. The standard InChI is InChI=1S/C18H20O3/c1-10-7-5-6-8-13(10)18-12(3)16-11(2)17(19)15(20-4)9-14(16)21-18/h5-9,12,18-19H,1-4H3/t12?,18-/m1/s1. The Labute approximate surface area is 125 Å². The Balaban J connectivity index is 2.09. The lowest BCUT2D eigenvalue weighted by Gasteiger charge is -2.18. The fraction of sp³-hybridized carbons (Fsp3) is 0.333. The average molecular weight is 284 g/mol. The van der Waals surface area contributed by atoms with Gasteiger partial charge in [-0.1, -0.05) is 31.2 Å². The van der Waals surface area contributed by atoms with Gasteiger partial charge in [-0.05, 0) is 25.0 Å². The van der Waals surface area contributed by atoms with Crippen molar-refractivity contribution in [2.24, 2.45) is 0 Å². The second-order valence-electron chi connectivity index (χ2n) is 5.65. The number of ether oxygens (including phenoxy) is 2. The average Bonchev–Trinajstić information content (AvgIpc) is 2.80. The molecule has 0 spiro atoms. The lowest BCUT2D eigenvalue weighted by Crippen LogP contribution is -2.09. The maximum absolute atomic E-state index is 10.2. The molecule has 2 atom stereocenters. The van der Waals surface area contributed by atoms with Crippen LogP contribution in [0.5, 0.6) is 17.2 Å². The van der Waals surface area contributed by atoms with Crippen molar-refractivity contribution in [3.8, 4) is 17.2 Å². The van der Waals surface area contributed by atoms with E-state index >= 15 is 0 Å². The molecule has 3 nitrogen and oxygen atoms in total. The number of fused-ring (bicyclic) bond motifs is 1. The Morgan fingerprint density at radius 3 is 2.57 bits per heavy atom. The minimum absolute atomic E-state index is 0.0218. The van der Waals surface area contributed by atoms with Gasteiger partial charge >= 0.3 is 0 Å². The van der Waals surface area contributed by atoms with E-state index in [2.05, 4.69) is 26.0 Å².